The highest BCUT2D eigenvalue weighted by Crippen LogP contribution is 2.24. The minimum atomic E-state index is 0.329. The predicted octanol–water partition coefficient (Wildman–Crippen LogP) is 3.03. The Morgan fingerprint density at radius 1 is 1.19 bits per heavy atom. The number of piperidine rings is 1. The van der Waals surface area contributed by atoms with Gasteiger partial charge >= 0.3 is 0 Å². The summed E-state index contributed by atoms with van der Waals surface area (Å²) >= 11 is 5.91. The van der Waals surface area contributed by atoms with Crippen molar-refractivity contribution in [3.05, 3.63) is 41.2 Å². The molecule has 0 spiro atoms. The van der Waals surface area contributed by atoms with Gasteiger partial charge in [0.2, 0.25) is 0 Å². The van der Waals surface area contributed by atoms with Crippen LogP contribution in [0.15, 0.2) is 30.5 Å². The Kier molecular flexibility index (Phi) is 4.08. The number of hydrogen-bond acceptors (Lipinski definition) is 4. The molecule has 1 aromatic heterocycles. The van der Waals surface area contributed by atoms with Gasteiger partial charge in [0.25, 0.3) is 0 Å². The van der Waals surface area contributed by atoms with Crippen molar-refractivity contribution in [3.8, 4) is 11.4 Å². The molecule has 110 valence electrons. The summed E-state index contributed by atoms with van der Waals surface area (Å²) in [5.74, 6) is 0.738. The molecule has 1 aliphatic heterocycles. The van der Waals surface area contributed by atoms with Crippen LogP contribution < -0.4 is 10.6 Å². The van der Waals surface area contributed by atoms with Gasteiger partial charge in [-0.25, -0.2) is 9.97 Å². The number of aryl methyl sites for hydroxylation is 1. The van der Waals surface area contributed by atoms with E-state index in [1.807, 2.05) is 37.4 Å². The van der Waals surface area contributed by atoms with Crippen molar-refractivity contribution in [2.45, 2.75) is 25.8 Å². The topological polar surface area (TPSA) is 55.0 Å². The van der Waals surface area contributed by atoms with Crippen LogP contribution in [0.2, 0.25) is 5.02 Å². The SMILES string of the molecule is Cc1nc(-c2ccc(Cl)cc2)ncc1N1CCC(N)CC1. The van der Waals surface area contributed by atoms with Gasteiger partial charge in [-0.05, 0) is 44.0 Å². The van der Waals surface area contributed by atoms with Crippen molar-refractivity contribution in [2.24, 2.45) is 5.73 Å². The number of nitrogens with zero attached hydrogens (tertiary/aromatic N) is 3. The van der Waals surface area contributed by atoms with Gasteiger partial charge in [0.1, 0.15) is 0 Å². The molecule has 21 heavy (non-hydrogen) atoms. The highest BCUT2D eigenvalue weighted by molar-refractivity contribution is 6.30. The number of rotatable bonds is 2. The van der Waals surface area contributed by atoms with Gasteiger partial charge in [-0.2, -0.15) is 0 Å². The molecular formula is C16H19ClN4. The number of benzene rings is 1. The predicted molar refractivity (Wildman–Crippen MR) is 86.6 cm³/mol. The Morgan fingerprint density at radius 3 is 2.48 bits per heavy atom. The smallest absolute Gasteiger partial charge is 0.159 e. The van der Waals surface area contributed by atoms with Gasteiger partial charge in [-0.3, -0.25) is 0 Å². The second kappa shape index (κ2) is 6.00. The molecule has 0 bridgehead atoms. The zero-order valence-corrected chi connectivity index (χ0v) is 12.8. The summed E-state index contributed by atoms with van der Waals surface area (Å²) < 4.78 is 0. The van der Waals surface area contributed by atoms with E-state index in [-0.39, 0.29) is 0 Å². The molecule has 2 N–H and O–H groups in total. The molecule has 3 rings (SSSR count). The molecule has 0 atom stereocenters. The summed E-state index contributed by atoms with van der Waals surface area (Å²) in [4.78, 5) is 11.5. The second-order valence-electron chi connectivity index (χ2n) is 5.50. The third-order valence-corrected chi connectivity index (χ3v) is 4.19. The Bertz CT molecular complexity index is 619. The fourth-order valence-electron chi connectivity index (χ4n) is 2.65. The molecule has 0 saturated carbocycles. The van der Waals surface area contributed by atoms with Gasteiger partial charge in [0.05, 0.1) is 17.6 Å². The average Bonchev–Trinajstić information content (AvgIpc) is 2.49. The van der Waals surface area contributed by atoms with Gasteiger partial charge in [0.15, 0.2) is 5.82 Å². The molecule has 1 aliphatic rings. The maximum absolute atomic E-state index is 5.96. The largest absolute Gasteiger partial charge is 0.369 e. The first-order chi connectivity index (χ1) is 10.1. The Labute approximate surface area is 130 Å². The summed E-state index contributed by atoms with van der Waals surface area (Å²) in [6, 6.07) is 7.93. The van der Waals surface area contributed by atoms with Crippen LogP contribution in [0.1, 0.15) is 18.5 Å². The first kappa shape index (κ1) is 14.3. The molecule has 2 heterocycles. The van der Waals surface area contributed by atoms with E-state index in [1.54, 1.807) is 0 Å². The number of aromatic nitrogens is 2. The summed E-state index contributed by atoms with van der Waals surface area (Å²) in [7, 11) is 0. The number of anilines is 1. The summed E-state index contributed by atoms with van der Waals surface area (Å²) in [6.07, 6.45) is 3.97. The maximum Gasteiger partial charge on any atom is 0.159 e. The molecule has 0 unspecified atom stereocenters. The summed E-state index contributed by atoms with van der Waals surface area (Å²) in [6.45, 7) is 3.99. The number of hydrogen-bond donors (Lipinski definition) is 1. The third-order valence-electron chi connectivity index (χ3n) is 3.94. The average molecular weight is 303 g/mol. The van der Waals surface area contributed by atoms with E-state index in [0.717, 1.165) is 53.7 Å². The molecule has 0 aliphatic carbocycles. The third kappa shape index (κ3) is 3.17. The Morgan fingerprint density at radius 2 is 1.86 bits per heavy atom. The monoisotopic (exact) mass is 302 g/mol. The Balaban J connectivity index is 1.84. The van der Waals surface area contributed by atoms with Crippen LogP contribution in [0.4, 0.5) is 5.69 Å². The van der Waals surface area contributed by atoms with Crippen molar-refractivity contribution in [1.82, 2.24) is 9.97 Å². The number of nitrogens with two attached hydrogens (primary N) is 1. The quantitative estimate of drug-likeness (QED) is 0.926. The molecule has 1 aromatic carbocycles. The molecule has 4 nitrogen and oxygen atoms in total. The maximum atomic E-state index is 5.96. The minimum absolute atomic E-state index is 0.329. The molecule has 0 amide bonds. The molecule has 1 saturated heterocycles. The van der Waals surface area contributed by atoms with Gasteiger partial charge in [-0.1, -0.05) is 11.6 Å². The van der Waals surface area contributed by atoms with E-state index in [2.05, 4.69) is 14.9 Å². The lowest BCUT2D eigenvalue weighted by molar-refractivity contribution is 0.500. The molecule has 5 heteroatoms. The van der Waals surface area contributed by atoms with Crippen molar-refractivity contribution >= 4 is 17.3 Å². The highest BCUT2D eigenvalue weighted by Gasteiger charge is 2.18. The zero-order valence-electron chi connectivity index (χ0n) is 12.1. The lowest BCUT2D eigenvalue weighted by atomic mass is 10.1. The van der Waals surface area contributed by atoms with Crippen LogP contribution in [0, 0.1) is 6.92 Å². The van der Waals surface area contributed by atoms with E-state index in [0.29, 0.717) is 6.04 Å². The van der Waals surface area contributed by atoms with Crippen LogP contribution in [0.3, 0.4) is 0 Å². The van der Waals surface area contributed by atoms with Crippen LogP contribution in [-0.2, 0) is 0 Å². The first-order valence-electron chi connectivity index (χ1n) is 7.23. The fourth-order valence-corrected chi connectivity index (χ4v) is 2.78. The zero-order chi connectivity index (χ0) is 14.8. The van der Waals surface area contributed by atoms with Crippen LogP contribution in [0.25, 0.3) is 11.4 Å². The van der Waals surface area contributed by atoms with Gasteiger partial charge in [0, 0.05) is 29.7 Å². The van der Waals surface area contributed by atoms with Crippen LogP contribution in [-0.4, -0.2) is 29.1 Å². The molecule has 2 aromatic rings. The molecule has 1 fully saturated rings. The van der Waals surface area contributed by atoms with Crippen molar-refractivity contribution in [1.29, 1.82) is 0 Å². The van der Waals surface area contributed by atoms with E-state index in [1.165, 1.54) is 0 Å². The van der Waals surface area contributed by atoms with E-state index in [4.69, 9.17) is 17.3 Å². The van der Waals surface area contributed by atoms with Gasteiger partial charge < -0.3 is 10.6 Å². The summed E-state index contributed by atoms with van der Waals surface area (Å²) in [5.41, 5.74) is 9.05. The molecule has 0 radical (unpaired) electrons. The lowest BCUT2D eigenvalue weighted by Crippen LogP contribution is -2.40. The second-order valence-corrected chi connectivity index (χ2v) is 5.93. The summed E-state index contributed by atoms with van der Waals surface area (Å²) in [5, 5.41) is 0.719. The fraction of sp³-hybridized carbons (Fsp3) is 0.375. The van der Waals surface area contributed by atoms with Crippen molar-refractivity contribution in [3.63, 3.8) is 0 Å². The standard InChI is InChI=1S/C16H19ClN4/c1-11-15(21-8-6-14(18)7-9-21)10-19-16(20-11)12-2-4-13(17)5-3-12/h2-5,10,14H,6-9,18H2,1H3. The highest BCUT2D eigenvalue weighted by atomic mass is 35.5. The van der Waals surface area contributed by atoms with E-state index < -0.39 is 0 Å². The normalized spacial score (nSPS) is 16.2. The Hall–Kier alpha value is -1.65. The lowest BCUT2D eigenvalue weighted by Gasteiger charge is -2.32. The van der Waals surface area contributed by atoms with Crippen LogP contribution >= 0.6 is 11.6 Å². The number of halogens is 1. The van der Waals surface area contributed by atoms with E-state index >= 15 is 0 Å². The molecular weight excluding hydrogens is 284 g/mol. The van der Waals surface area contributed by atoms with Gasteiger partial charge in [-0.15, -0.1) is 0 Å². The van der Waals surface area contributed by atoms with Crippen molar-refractivity contribution < 1.29 is 0 Å². The van der Waals surface area contributed by atoms with Crippen molar-refractivity contribution in [2.75, 3.05) is 18.0 Å². The minimum Gasteiger partial charge on any atom is -0.369 e. The van der Waals surface area contributed by atoms with E-state index in [9.17, 15) is 0 Å². The van der Waals surface area contributed by atoms with Crippen LogP contribution in [0.5, 0.6) is 0 Å². The first-order valence-corrected chi connectivity index (χ1v) is 7.61.